The molecule has 0 N–H and O–H groups in total. The Morgan fingerprint density at radius 3 is 2.22 bits per heavy atom. The summed E-state index contributed by atoms with van der Waals surface area (Å²) in [6, 6.07) is 14.4. The summed E-state index contributed by atoms with van der Waals surface area (Å²) in [7, 11) is 0. The Kier molecular flexibility index (Phi) is 5.11. The maximum absolute atomic E-state index is 10.6. The molecular formula is C18H20N2O3. The average molecular weight is 312 g/mol. The highest BCUT2D eigenvalue weighted by atomic mass is 16.6. The van der Waals surface area contributed by atoms with E-state index in [2.05, 4.69) is 38.1 Å². The van der Waals surface area contributed by atoms with Crippen molar-refractivity contribution in [1.29, 1.82) is 0 Å². The standard InChI is InChI=1S/C18H20N2O3/c1-18(2,3)16-8-4-14(5-9-16)12-19-23-13-15-6-10-17(11-7-15)20(21)22/h4-12H,13H2,1-3H3/b19-12+. The monoisotopic (exact) mass is 312 g/mol. The molecule has 5 nitrogen and oxygen atoms in total. The molecule has 0 aliphatic rings. The zero-order valence-electron chi connectivity index (χ0n) is 13.5. The Labute approximate surface area is 135 Å². The molecule has 0 heterocycles. The number of oxime groups is 1. The number of nitrogens with zero attached hydrogens (tertiary/aromatic N) is 2. The zero-order chi connectivity index (χ0) is 16.9. The summed E-state index contributed by atoms with van der Waals surface area (Å²) in [5, 5.41) is 14.5. The van der Waals surface area contributed by atoms with Gasteiger partial charge in [0.25, 0.3) is 5.69 Å². The van der Waals surface area contributed by atoms with Crippen molar-refractivity contribution < 1.29 is 9.76 Å². The normalized spacial score (nSPS) is 11.6. The summed E-state index contributed by atoms with van der Waals surface area (Å²) >= 11 is 0. The van der Waals surface area contributed by atoms with Crippen LogP contribution in [0.3, 0.4) is 0 Å². The van der Waals surface area contributed by atoms with Crippen molar-refractivity contribution in [3.05, 3.63) is 75.3 Å². The molecule has 23 heavy (non-hydrogen) atoms. The van der Waals surface area contributed by atoms with Gasteiger partial charge in [-0.1, -0.05) is 50.2 Å². The maximum atomic E-state index is 10.6. The van der Waals surface area contributed by atoms with Gasteiger partial charge < -0.3 is 4.84 Å². The van der Waals surface area contributed by atoms with Crippen LogP contribution < -0.4 is 0 Å². The van der Waals surface area contributed by atoms with Gasteiger partial charge in [0.1, 0.15) is 6.61 Å². The second kappa shape index (κ2) is 7.05. The molecule has 0 saturated carbocycles. The van der Waals surface area contributed by atoms with E-state index in [4.69, 9.17) is 4.84 Å². The molecule has 0 radical (unpaired) electrons. The summed E-state index contributed by atoms with van der Waals surface area (Å²) in [5.41, 5.74) is 3.25. The fourth-order valence-electron chi connectivity index (χ4n) is 1.99. The number of nitro groups is 1. The molecule has 0 unspecified atom stereocenters. The van der Waals surface area contributed by atoms with Crippen molar-refractivity contribution >= 4 is 11.9 Å². The van der Waals surface area contributed by atoms with Crippen molar-refractivity contribution in [3.63, 3.8) is 0 Å². The summed E-state index contributed by atoms with van der Waals surface area (Å²) in [4.78, 5) is 15.4. The molecule has 0 saturated heterocycles. The van der Waals surface area contributed by atoms with Crippen LogP contribution in [0.25, 0.3) is 0 Å². The maximum Gasteiger partial charge on any atom is 0.269 e. The first-order chi connectivity index (χ1) is 10.9. The molecule has 2 aromatic rings. The quantitative estimate of drug-likeness (QED) is 0.465. The van der Waals surface area contributed by atoms with Crippen LogP contribution in [0.1, 0.15) is 37.5 Å². The number of nitro benzene ring substituents is 1. The molecule has 0 aromatic heterocycles. The molecule has 2 rings (SSSR count). The Bertz CT molecular complexity index is 684. The lowest BCUT2D eigenvalue weighted by Gasteiger charge is -2.18. The fourth-order valence-corrected chi connectivity index (χ4v) is 1.99. The molecule has 0 atom stereocenters. The minimum Gasteiger partial charge on any atom is -0.391 e. The summed E-state index contributed by atoms with van der Waals surface area (Å²) in [6.45, 7) is 6.78. The van der Waals surface area contributed by atoms with Gasteiger partial charge in [0, 0.05) is 12.1 Å². The lowest BCUT2D eigenvalue weighted by atomic mass is 9.87. The van der Waals surface area contributed by atoms with Gasteiger partial charge in [-0.15, -0.1) is 0 Å². The largest absolute Gasteiger partial charge is 0.391 e. The van der Waals surface area contributed by atoms with Crippen LogP contribution >= 0.6 is 0 Å². The third-order valence-corrected chi connectivity index (χ3v) is 3.43. The zero-order valence-corrected chi connectivity index (χ0v) is 13.5. The van der Waals surface area contributed by atoms with Gasteiger partial charge in [0.15, 0.2) is 0 Å². The number of non-ortho nitro benzene ring substituents is 1. The predicted molar refractivity (Wildman–Crippen MR) is 90.6 cm³/mol. The first kappa shape index (κ1) is 16.7. The van der Waals surface area contributed by atoms with Crippen LogP contribution in [0.2, 0.25) is 0 Å². The van der Waals surface area contributed by atoms with E-state index in [1.165, 1.54) is 17.7 Å². The van der Waals surface area contributed by atoms with Crippen molar-refractivity contribution in [2.24, 2.45) is 5.16 Å². The van der Waals surface area contributed by atoms with E-state index in [0.717, 1.165) is 11.1 Å². The lowest BCUT2D eigenvalue weighted by molar-refractivity contribution is -0.384. The number of hydrogen-bond donors (Lipinski definition) is 0. The van der Waals surface area contributed by atoms with Gasteiger partial charge in [-0.05, 0) is 34.2 Å². The van der Waals surface area contributed by atoms with Crippen molar-refractivity contribution in [3.8, 4) is 0 Å². The van der Waals surface area contributed by atoms with Crippen LogP contribution in [0.4, 0.5) is 5.69 Å². The highest BCUT2D eigenvalue weighted by Gasteiger charge is 2.12. The Hall–Kier alpha value is -2.69. The second-order valence-corrected chi connectivity index (χ2v) is 6.30. The van der Waals surface area contributed by atoms with Gasteiger partial charge in [0.05, 0.1) is 11.1 Å². The number of benzene rings is 2. The molecule has 120 valence electrons. The van der Waals surface area contributed by atoms with Crippen molar-refractivity contribution in [2.45, 2.75) is 32.8 Å². The number of rotatable bonds is 5. The van der Waals surface area contributed by atoms with E-state index in [-0.39, 0.29) is 17.7 Å². The van der Waals surface area contributed by atoms with Gasteiger partial charge in [0.2, 0.25) is 0 Å². The highest BCUT2D eigenvalue weighted by Crippen LogP contribution is 2.21. The second-order valence-electron chi connectivity index (χ2n) is 6.30. The van der Waals surface area contributed by atoms with Gasteiger partial charge in [-0.2, -0.15) is 0 Å². The van der Waals surface area contributed by atoms with Gasteiger partial charge >= 0.3 is 0 Å². The topological polar surface area (TPSA) is 64.7 Å². The Morgan fingerprint density at radius 2 is 1.70 bits per heavy atom. The molecule has 0 spiro atoms. The van der Waals surface area contributed by atoms with Crippen LogP contribution in [-0.2, 0) is 16.9 Å². The number of hydrogen-bond acceptors (Lipinski definition) is 4. The van der Waals surface area contributed by atoms with E-state index < -0.39 is 4.92 Å². The first-order valence-corrected chi connectivity index (χ1v) is 7.35. The smallest absolute Gasteiger partial charge is 0.269 e. The summed E-state index contributed by atoms with van der Waals surface area (Å²) in [5.74, 6) is 0. The predicted octanol–water partition coefficient (Wildman–Crippen LogP) is 4.44. The molecule has 0 aliphatic carbocycles. The van der Waals surface area contributed by atoms with Crippen molar-refractivity contribution in [1.82, 2.24) is 0 Å². The third kappa shape index (κ3) is 4.92. The minimum absolute atomic E-state index is 0.0659. The molecule has 2 aromatic carbocycles. The lowest BCUT2D eigenvalue weighted by Crippen LogP contribution is -2.10. The van der Waals surface area contributed by atoms with E-state index in [0.29, 0.717) is 0 Å². The molecule has 0 bridgehead atoms. The van der Waals surface area contributed by atoms with E-state index in [9.17, 15) is 10.1 Å². The van der Waals surface area contributed by atoms with Crippen molar-refractivity contribution in [2.75, 3.05) is 0 Å². The van der Waals surface area contributed by atoms with Gasteiger partial charge in [-0.3, -0.25) is 10.1 Å². The van der Waals surface area contributed by atoms with E-state index in [1.807, 2.05) is 12.1 Å². The van der Waals surface area contributed by atoms with Gasteiger partial charge in [-0.25, -0.2) is 0 Å². The Balaban J connectivity index is 1.88. The molecule has 5 heteroatoms. The average Bonchev–Trinajstić information content (AvgIpc) is 2.51. The third-order valence-electron chi connectivity index (χ3n) is 3.43. The van der Waals surface area contributed by atoms with E-state index >= 15 is 0 Å². The Morgan fingerprint density at radius 1 is 1.09 bits per heavy atom. The van der Waals surface area contributed by atoms with Crippen LogP contribution in [-0.4, -0.2) is 11.1 Å². The fraction of sp³-hybridized carbons (Fsp3) is 0.278. The van der Waals surface area contributed by atoms with E-state index in [1.54, 1.807) is 18.3 Å². The highest BCUT2D eigenvalue weighted by molar-refractivity contribution is 5.79. The molecular weight excluding hydrogens is 292 g/mol. The van der Waals surface area contributed by atoms with Crippen LogP contribution in [0.15, 0.2) is 53.7 Å². The molecule has 0 aliphatic heterocycles. The summed E-state index contributed by atoms with van der Waals surface area (Å²) in [6.07, 6.45) is 1.65. The minimum atomic E-state index is -0.427. The first-order valence-electron chi connectivity index (χ1n) is 7.35. The van der Waals surface area contributed by atoms with Crippen LogP contribution in [0, 0.1) is 10.1 Å². The van der Waals surface area contributed by atoms with Crippen LogP contribution in [0.5, 0.6) is 0 Å². The summed E-state index contributed by atoms with van der Waals surface area (Å²) < 4.78 is 0. The SMILES string of the molecule is CC(C)(C)c1ccc(/C=N/OCc2ccc([N+](=O)[O-])cc2)cc1. The molecule has 0 fully saturated rings. The molecule has 0 amide bonds.